The summed E-state index contributed by atoms with van der Waals surface area (Å²) < 4.78 is 6.19. The third-order valence-electron chi connectivity index (χ3n) is 4.41. The Balaban J connectivity index is 1.64. The monoisotopic (exact) mass is 297 g/mol. The van der Waals surface area contributed by atoms with Crippen LogP contribution in [-0.2, 0) is 0 Å². The van der Waals surface area contributed by atoms with Crippen molar-refractivity contribution < 1.29 is 4.74 Å². The van der Waals surface area contributed by atoms with Crippen LogP contribution >= 0.6 is 23.4 Å². The molecule has 2 nitrogen and oxygen atoms in total. The lowest BCUT2D eigenvalue weighted by Gasteiger charge is -2.47. The van der Waals surface area contributed by atoms with Gasteiger partial charge in [-0.05, 0) is 55.6 Å². The fourth-order valence-electron chi connectivity index (χ4n) is 3.08. The van der Waals surface area contributed by atoms with E-state index in [4.69, 9.17) is 16.3 Å². The maximum atomic E-state index is 6.19. The molecule has 1 aliphatic carbocycles. The van der Waals surface area contributed by atoms with E-state index in [9.17, 15) is 0 Å². The summed E-state index contributed by atoms with van der Waals surface area (Å²) >= 11 is 7.79. The van der Waals surface area contributed by atoms with E-state index in [0.717, 1.165) is 10.8 Å². The van der Waals surface area contributed by atoms with Gasteiger partial charge >= 0.3 is 0 Å². The molecule has 1 aromatic rings. The molecule has 0 amide bonds. The topological polar surface area (TPSA) is 21.3 Å². The SMILES string of the molecule is CSc1ccc(Cl)cc1OC1CCC2(CC1)CNC2. The zero-order valence-corrected chi connectivity index (χ0v) is 12.8. The van der Waals surface area contributed by atoms with Gasteiger partial charge in [-0.3, -0.25) is 0 Å². The molecule has 0 radical (unpaired) electrons. The summed E-state index contributed by atoms with van der Waals surface area (Å²) in [4.78, 5) is 1.18. The van der Waals surface area contributed by atoms with Crippen molar-refractivity contribution in [1.29, 1.82) is 0 Å². The number of hydrogen-bond acceptors (Lipinski definition) is 3. The number of halogens is 1. The number of benzene rings is 1. The smallest absolute Gasteiger partial charge is 0.134 e. The van der Waals surface area contributed by atoms with Crippen LogP contribution in [0, 0.1) is 5.41 Å². The molecular weight excluding hydrogens is 278 g/mol. The van der Waals surface area contributed by atoms with Gasteiger partial charge in [0.25, 0.3) is 0 Å². The van der Waals surface area contributed by atoms with E-state index < -0.39 is 0 Å². The fourth-order valence-corrected chi connectivity index (χ4v) is 3.75. The second kappa shape index (κ2) is 5.55. The maximum Gasteiger partial charge on any atom is 0.134 e. The molecule has 19 heavy (non-hydrogen) atoms. The van der Waals surface area contributed by atoms with Crippen molar-refractivity contribution in [2.24, 2.45) is 5.41 Å². The van der Waals surface area contributed by atoms with Gasteiger partial charge in [0.15, 0.2) is 0 Å². The lowest BCUT2D eigenvalue weighted by Crippen LogP contribution is -2.55. The normalized spacial score (nSPS) is 22.2. The zero-order valence-electron chi connectivity index (χ0n) is 11.2. The first kappa shape index (κ1) is 13.6. The van der Waals surface area contributed by atoms with Crippen molar-refractivity contribution in [3.63, 3.8) is 0 Å². The summed E-state index contributed by atoms with van der Waals surface area (Å²) in [5.74, 6) is 0.952. The summed E-state index contributed by atoms with van der Waals surface area (Å²) in [5.41, 5.74) is 0.594. The summed E-state index contributed by atoms with van der Waals surface area (Å²) in [7, 11) is 0. The third-order valence-corrected chi connectivity index (χ3v) is 5.42. The fraction of sp³-hybridized carbons (Fsp3) is 0.600. The average Bonchev–Trinajstić information content (AvgIpc) is 2.38. The van der Waals surface area contributed by atoms with Crippen molar-refractivity contribution in [3.8, 4) is 5.75 Å². The molecule has 2 aliphatic rings. The van der Waals surface area contributed by atoms with Gasteiger partial charge in [-0.25, -0.2) is 0 Å². The van der Waals surface area contributed by atoms with E-state index in [1.165, 1.54) is 43.7 Å². The van der Waals surface area contributed by atoms with Gasteiger partial charge in [0.2, 0.25) is 0 Å². The minimum atomic E-state index is 0.357. The van der Waals surface area contributed by atoms with E-state index in [-0.39, 0.29) is 0 Å². The van der Waals surface area contributed by atoms with Gasteiger partial charge in [-0.2, -0.15) is 0 Å². The van der Waals surface area contributed by atoms with Crippen molar-refractivity contribution >= 4 is 23.4 Å². The molecule has 2 fully saturated rings. The minimum Gasteiger partial charge on any atom is -0.489 e. The Hall–Kier alpha value is -0.380. The Morgan fingerprint density at radius 2 is 2.05 bits per heavy atom. The first-order valence-corrected chi connectivity index (χ1v) is 8.52. The van der Waals surface area contributed by atoms with Gasteiger partial charge in [0.05, 0.1) is 6.10 Å². The third kappa shape index (κ3) is 2.88. The summed E-state index contributed by atoms with van der Waals surface area (Å²) in [6.45, 7) is 2.40. The van der Waals surface area contributed by atoms with Crippen LogP contribution in [0.5, 0.6) is 5.75 Å². The molecule has 0 aromatic heterocycles. The standard InChI is InChI=1S/C15H20ClNOS/c1-19-14-3-2-11(16)8-13(14)18-12-4-6-15(7-5-12)9-17-10-15/h2-3,8,12,17H,4-7,9-10H2,1H3. The second-order valence-corrected chi connectivity index (χ2v) is 7.00. The van der Waals surface area contributed by atoms with Crippen LogP contribution in [0.3, 0.4) is 0 Å². The molecule has 1 N–H and O–H groups in total. The number of rotatable bonds is 3. The molecule has 0 atom stereocenters. The first-order valence-electron chi connectivity index (χ1n) is 6.92. The van der Waals surface area contributed by atoms with E-state index >= 15 is 0 Å². The highest BCUT2D eigenvalue weighted by Crippen LogP contribution is 2.41. The van der Waals surface area contributed by atoms with Gasteiger partial charge < -0.3 is 10.1 Å². The van der Waals surface area contributed by atoms with Gasteiger partial charge in [-0.15, -0.1) is 11.8 Å². The van der Waals surface area contributed by atoms with Crippen molar-refractivity contribution in [1.82, 2.24) is 5.32 Å². The highest BCUT2D eigenvalue weighted by atomic mass is 35.5. The van der Waals surface area contributed by atoms with Crippen molar-refractivity contribution in [3.05, 3.63) is 23.2 Å². The number of hydrogen-bond donors (Lipinski definition) is 1. The molecule has 104 valence electrons. The molecule has 1 spiro atoms. The molecule has 1 aliphatic heterocycles. The van der Waals surface area contributed by atoms with Crippen molar-refractivity contribution in [2.75, 3.05) is 19.3 Å². The van der Waals surface area contributed by atoms with Crippen LogP contribution in [0.25, 0.3) is 0 Å². The largest absolute Gasteiger partial charge is 0.489 e. The number of ether oxygens (including phenoxy) is 1. The Morgan fingerprint density at radius 1 is 1.32 bits per heavy atom. The van der Waals surface area contributed by atoms with Crippen molar-refractivity contribution in [2.45, 2.75) is 36.7 Å². The quantitative estimate of drug-likeness (QED) is 0.853. The predicted molar refractivity (Wildman–Crippen MR) is 81.4 cm³/mol. The molecular formula is C15H20ClNOS. The summed E-state index contributed by atoms with van der Waals surface area (Å²) in [5, 5.41) is 4.15. The van der Waals surface area contributed by atoms with Crippen LogP contribution in [0.2, 0.25) is 5.02 Å². The molecule has 1 aromatic carbocycles. The Morgan fingerprint density at radius 3 is 2.63 bits per heavy atom. The maximum absolute atomic E-state index is 6.19. The summed E-state index contributed by atoms with van der Waals surface area (Å²) in [6, 6.07) is 5.92. The Bertz CT molecular complexity index is 451. The van der Waals surface area contributed by atoms with E-state index in [0.29, 0.717) is 11.5 Å². The van der Waals surface area contributed by atoms with E-state index in [1.54, 1.807) is 11.8 Å². The van der Waals surface area contributed by atoms with Crippen LogP contribution in [0.1, 0.15) is 25.7 Å². The van der Waals surface area contributed by atoms with Gasteiger partial charge in [-0.1, -0.05) is 11.6 Å². The predicted octanol–water partition coefficient (Wildman–Crippen LogP) is 3.97. The molecule has 0 unspecified atom stereocenters. The second-order valence-electron chi connectivity index (χ2n) is 5.72. The van der Waals surface area contributed by atoms with E-state index in [1.807, 2.05) is 18.2 Å². The van der Waals surface area contributed by atoms with Crippen LogP contribution in [0.15, 0.2) is 23.1 Å². The first-order chi connectivity index (χ1) is 9.21. The highest BCUT2D eigenvalue weighted by molar-refractivity contribution is 7.98. The van der Waals surface area contributed by atoms with Gasteiger partial charge in [0, 0.05) is 23.0 Å². The molecule has 1 heterocycles. The Kier molecular flexibility index (Phi) is 3.97. The summed E-state index contributed by atoms with van der Waals surface area (Å²) in [6.07, 6.45) is 7.35. The van der Waals surface area contributed by atoms with Crippen LogP contribution in [-0.4, -0.2) is 25.4 Å². The average molecular weight is 298 g/mol. The molecule has 3 rings (SSSR count). The minimum absolute atomic E-state index is 0.357. The van der Waals surface area contributed by atoms with E-state index in [2.05, 4.69) is 11.6 Å². The highest BCUT2D eigenvalue weighted by Gasteiger charge is 2.40. The zero-order chi connectivity index (χ0) is 13.3. The number of thioether (sulfide) groups is 1. The molecule has 4 heteroatoms. The lowest BCUT2D eigenvalue weighted by molar-refractivity contribution is 0.0410. The van der Waals surface area contributed by atoms with Crippen LogP contribution in [0.4, 0.5) is 0 Å². The molecule has 1 saturated carbocycles. The Labute approximate surface area is 124 Å². The lowest BCUT2D eigenvalue weighted by atomic mass is 9.69. The number of nitrogens with one attached hydrogen (secondary N) is 1. The molecule has 0 bridgehead atoms. The molecule has 1 saturated heterocycles. The van der Waals surface area contributed by atoms with Crippen LogP contribution < -0.4 is 10.1 Å². The van der Waals surface area contributed by atoms with Gasteiger partial charge in [0.1, 0.15) is 5.75 Å².